The predicted molar refractivity (Wildman–Crippen MR) is 104 cm³/mol. The van der Waals surface area contributed by atoms with E-state index in [1.165, 1.54) is 35.6 Å². The summed E-state index contributed by atoms with van der Waals surface area (Å²) in [5, 5.41) is 4.51. The molecule has 1 fully saturated rings. The highest BCUT2D eigenvalue weighted by atomic mass is 32.2. The number of sulfonamides is 1. The van der Waals surface area contributed by atoms with Crippen molar-refractivity contribution in [3.8, 4) is 0 Å². The molecule has 0 unspecified atom stereocenters. The van der Waals surface area contributed by atoms with Gasteiger partial charge in [0.25, 0.3) is 0 Å². The van der Waals surface area contributed by atoms with Crippen LogP contribution < -0.4 is 10.0 Å². The number of nitrogens with one attached hydrogen (secondary N) is 2. The Morgan fingerprint density at radius 1 is 1.22 bits per heavy atom. The molecule has 0 bridgehead atoms. The van der Waals surface area contributed by atoms with Crippen LogP contribution in [0.25, 0.3) is 0 Å². The number of benzene rings is 1. The largest absolute Gasteiger partial charge is 0.325 e. The average molecular weight is 412 g/mol. The van der Waals surface area contributed by atoms with Crippen LogP contribution in [0.15, 0.2) is 46.0 Å². The van der Waals surface area contributed by atoms with Crippen LogP contribution in [0.2, 0.25) is 0 Å². The third kappa shape index (κ3) is 5.13. The van der Waals surface area contributed by atoms with Gasteiger partial charge >= 0.3 is 0 Å². The zero-order chi connectivity index (χ0) is 19.4. The number of halogens is 1. The Kier molecular flexibility index (Phi) is 6.25. The van der Waals surface area contributed by atoms with Gasteiger partial charge in [-0.1, -0.05) is 6.07 Å². The fraction of sp³-hybridized carbons (Fsp3) is 0.389. The van der Waals surface area contributed by atoms with Gasteiger partial charge in [-0.2, -0.15) is 0 Å². The number of rotatable bonds is 6. The maximum Gasteiger partial charge on any atom is 0.250 e. The van der Waals surface area contributed by atoms with Crippen LogP contribution in [0.5, 0.6) is 0 Å². The monoisotopic (exact) mass is 411 g/mol. The highest BCUT2D eigenvalue weighted by Crippen LogP contribution is 2.20. The first-order chi connectivity index (χ1) is 12.8. The minimum Gasteiger partial charge on any atom is -0.325 e. The molecule has 0 aliphatic carbocycles. The second kappa shape index (κ2) is 8.47. The quantitative estimate of drug-likeness (QED) is 0.766. The fourth-order valence-corrected chi connectivity index (χ4v) is 5.36. The fourth-order valence-electron chi connectivity index (χ4n) is 3.04. The van der Waals surface area contributed by atoms with Crippen molar-refractivity contribution in [2.75, 3.05) is 18.4 Å². The lowest BCUT2D eigenvalue weighted by Crippen LogP contribution is -2.50. The Morgan fingerprint density at radius 2 is 1.89 bits per heavy atom. The first-order valence-electron chi connectivity index (χ1n) is 8.71. The van der Waals surface area contributed by atoms with Crippen molar-refractivity contribution in [2.24, 2.45) is 0 Å². The van der Waals surface area contributed by atoms with E-state index in [9.17, 15) is 17.6 Å². The van der Waals surface area contributed by atoms with E-state index in [1.54, 1.807) is 17.5 Å². The number of anilines is 1. The Balaban J connectivity index is 1.51. The Bertz CT molecular complexity index is 862. The topological polar surface area (TPSA) is 78.5 Å². The van der Waals surface area contributed by atoms with Gasteiger partial charge in [-0.25, -0.2) is 17.5 Å². The lowest BCUT2D eigenvalue weighted by molar-refractivity contribution is -0.121. The maximum absolute atomic E-state index is 12.9. The van der Waals surface area contributed by atoms with E-state index in [-0.39, 0.29) is 23.8 Å². The number of carbonyl (C=O) groups excluding carboxylic acids is 1. The number of thiophene rings is 1. The number of hydrogen-bond donors (Lipinski definition) is 2. The lowest BCUT2D eigenvalue weighted by atomic mass is 10.0. The molecule has 1 saturated heterocycles. The molecule has 0 spiro atoms. The van der Waals surface area contributed by atoms with E-state index >= 15 is 0 Å². The number of hydrogen-bond acceptors (Lipinski definition) is 5. The van der Waals surface area contributed by atoms with Crippen molar-refractivity contribution in [1.29, 1.82) is 0 Å². The van der Waals surface area contributed by atoms with Gasteiger partial charge in [-0.05, 0) is 55.5 Å². The molecule has 1 aromatic heterocycles. The van der Waals surface area contributed by atoms with Crippen LogP contribution in [0.3, 0.4) is 0 Å². The molecule has 2 heterocycles. The Labute approximate surface area is 162 Å². The molecule has 1 aliphatic rings. The van der Waals surface area contributed by atoms with Crippen LogP contribution >= 0.6 is 11.3 Å². The maximum atomic E-state index is 12.9. The van der Waals surface area contributed by atoms with E-state index in [0.29, 0.717) is 35.8 Å². The van der Waals surface area contributed by atoms with Crippen LogP contribution in [0.1, 0.15) is 19.8 Å². The first-order valence-corrected chi connectivity index (χ1v) is 11.1. The summed E-state index contributed by atoms with van der Waals surface area (Å²) in [5.74, 6) is -0.521. The van der Waals surface area contributed by atoms with Crippen molar-refractivity contribution < 1.29 is 17.6 Å². The molecule has 2 aromatic rings. The van der Waals surface area contributed by atoms with Gasteiger partial charge in [0.15, 0.2) is 0 Å². The normalized spacial score (nSPS) is 17.6. The molecular formula is C18H22FN3O3S2. The number of nitrogens with zero attached hydrogens (tertiary/aromatic N) is 1. The van der Waals surface area contributed by atoms with Crippen molar-refractivity contribution in [2.45, 2.75) is 36.1 Å². The summed E-state index contributed by atoms with van der Waals surface area (Å²) >= 11 is 1.19. The number of amides is 1. The van der Waals surface area contributed by atoms with Crippen molar-refractivity contribution in [1.82, 2.24) is 9.62 Å². The van der Waals surface area contributed by atoms with E-state index in [2.05, 4.69) is 10.0 Å². The molecule has 0 radical (unpaired) electrons. The van der Waals surface area contributed by atoms with Gasteiger partial charge in [0, 0.05) is 24.8 Å². The highest BCUT2D eigenvalue weighted by molar-refractivity contribution is 7.91. The van der Waals surface area contributed by atoms with Crippen LogP contribution in [-0.2, 0) is 14.8 Å². The van der Waals surface area contributed by atoms with Gasteiger partial charge in [0.2, 0.25) is 15.9 Å². The Hall–Kier alpha value is -1.81. The second-order valence-electron chi connectivity index (χ2n) is 6.54. The minimum atomic E-state index is -3.47. The van der Waals surface area contributed by atoms with E-state index in [1.807, 2.05) is 11.8 Å². The summed E-state index contributed by atoms with van der Waals surface area (Å²) in [5.41, 5.74) is 0.548. The molecule has 9 heteroatoms. The Morgan fingerprint density at radius 3 is 2.48 bits per heavy atom. The zero-order valence-electron chi connectivity index (χ0n) is 14.9. The van der Waals surface area contributed by atoms with E-state index in [4.69, 9.17) is 0 Å². The highest BCUT2D eigenvalue weighted by Gasteiger charge is 2.29. The summed E-state index contributed by atoms with van der Waals surface area (Å²) in [4.78, 5) is 14.4. The third-order valence-electron chi connectivity index (χ3n) is 4.65. The summed E-state index contributed by atoms with van der Waals surface area (Å²) < 4.78 is 40.6. The smallest absolute Gasteiger partial charge is 0.250 e. The summed E-state index contributed by atoms with van der Waals surface area (Å²) in [6.07, 6.45) is 1.28. The summed E-state index contributed by atoms with van der Waals surface area (Å²) in [6, 6.07) is 8.44. The lowest BCUT2D eigenvalue weighted by Gasteiger charge is -2.35. The molecule has 3 rings (SSSR count). The molecular weight excluding hydrogens is 389 g/mol. The number of carbonyl (C=O) groups is 1. The second-order valence-corrected chi connectivity index (χ2v) is 9.42. The van der Waals surface area contributed by atoms with Gasteiger partial charge in [-0.15, -0.1) is 11.3 Å². The average Bonchev–Trinajstić information content (AvgIpc) is 3.19. The van der Waals surface area contributed by atoms with E-state index in [0.717, 1.165) is 0 Å². The number of piperidine rings is 1. The minimum absolute atomic E-state index is 0.138. The first kappa shape index (κ1) is 19.9. The molecule has 6 nitrogen and oxygen atoms in total. The SMILES string of the molecule is C[C@H](C(=O)Nc1ccc(F)cc1)N1CCC(NS(=O)(=O)c2cccs2)CC1. The molecule has 1 amide bonds. The molecule has 1 aromatic carbocycles. The van der Waals surface area contributed by atoms with Gasteiger partial charge in [0.1, 0.15) is 10.0 Å². The third-order valence-corrected chi connectivity index (χ3v) is 7.57. The van der Waals surface area contributed by atoms with Crippen molar-refractivity contribution in [3.05, 3.63) is 47.6 Å². The summed E-state index contributed by atoms with van der Waals surface area (Å²) in [6.45, 7) is 3.06. The van der Waals surface area contributed by atoms with Crippen LogP contribution in [0.4, 0.5) is 10.1 Å². The molecule has 146 valence electrons. The molecule has 27 heavy (non-hydrogen) atoms. The zero-order valence-corrected chi connectivity index (χ0v) is 16.5. The molecule has 2 N–H and O–H groups in total. The van der Waals surface area contributed by atoms with E-state index < -0.39 is 10.0 Å². The van der Waals surface area contributed by atoms with Crippen LogP contribution in [-0.4, -0.2) is 44.4 Å². The van der Waals surface area contributed by atoms with Crippen molar-refractivity contribution in [3.63, 3.8) is 0 Å². The standard InChI is InChI=1S/C18H22FN3O3S2/c1-13(18(23)20-15-6-4-14(19)5-7-15)22-10-8-16(9-11-22)21-27(24,25)17-3-2-12-26-17/h2-7,12-13,16,21H,8-11H2,1H3,(H,20,23)/t13-/m1/s1. The van der Waals surface area contributed by atoms with Gasteiger partial charge in [0.05, 0.1) is 6.04 Å². The molecule has 1 aliphatic heterocycles. The van der Waals surface area contributed by atoms with Gasteiger partial charge < -0.3 is 5.32 Å². The van der Waals surface area contributed by atoms with Crippen molar-refractivity contribution >= 4 is 33.0 Å². The number of likely N-dealkylation sites (tertiary alicyclic amines) is 1. The molecule has 0 saturated carbocycles. The molecule has 1 atom stereocenters. The summed E-state index contributed by atoms with van der Waals surface area (Å²) in [7, 11) is -3.47. The predicted octanol–water partition coefficient (Wildman–Crippen LogP) is 2.66. The van der Waals surface area contributed by atoms with Gasteiger partial charge in [-0.3, -0.25) is 9.69 Å². The van der Waals surface area contributed by atoms with Crippen LogP contribution in [0, 0.1) is 5.82 Å².